The van der Waals surface area contributed by atoms with Crippen LogP contribution < -0.4 is 29.3 Å². The molecule has 4 aromatic rings. The maximum atomic E-state index is 13.8. The normalized spacial score (nSPS) is 14.7. The molecule has 2 heterocycles. The lowest BCUT2D eigenvalue weighted by atomic mass is 9.97. The van der Waals surface area contributed by atoms with Crippen molar-refractivity contribution in [3.63, 3.8) is 0 Å². The number of ether oxygens (including phenoxy) is 4. The molecule has 0 saturated heterocycles. The Kier molecular flexibility index (Phi) is 5.56. The highest BCUT2D eigenvalue weighted by Crippen LogP contribution is 2.46. The standard InChI is InChI=1S/C27H23NO7/c1-31-17-9-7-8-16(14-17)28-23(15-12-20(32-2)25(34-4)21(13-15)33-3)22-24(29)18-10-5-6-11-19(18)35-26(22)27(28)30/h5-14,23H,1-4H3. The lowest BCUT2D eigenvalue weighted by Gasteiger charge is -2.26. The third-order valence-electron chi connectivity index (χ3n) is 6.11. The molecule has 0 radical (unpaired) electrons. The highest BCUT2D eigenvalue weighted by Gasteiger charge is 2.44. The fourth-order valence-electron chi connectivity index (χ4n) is 4.52. The predicted molar refractivity (Wildman–Crippen MR) is 130 cm³/mol. The zero-order valence-corrected chi connectivity index (χ0v) is 19.7. The number of amides is 1. The van der Waals surface area contributed by atoms with Gasteiger partial charge in [0.2, 0.25) is 11.5 Å². The molecular weight excluding hydrogens is 450 g/mol. The molecule has 1 aromatic heterocycles. The van der Waals surface area contributed by atoms with Crippen molar-refractivity contribution in [2.75, 3.05) is 33.3 Å². The van der Waals surface area contributed by atoms with Crippen LogP contribution in [0.5, 0.6) is 23.0 Å². The number of benzene rings is 3. The molecule has 8 heteroatoms. The smallest absolute Gasteiger partial charge is 0.295 e. The van der Waals surface area contributed by atoms with Crippen LogP contribution in [0.15, 0.2) is 69.9 Å². The van der Waals surface area contributed by atoms with Crippen LogP contribution in [-0.4, -0.2) is 34.3 Å². The van der Waals surface area contributed by atoms with Crippen molar-refractivity contribution < 1.29 is 28.2 Å². The minimum absolute atomic E-state index is 0.00438. The van der Waals surface area contributed by atoms with Gasteiger partial charge in [-0.15, -0.1) is 0 Å². The van der Waals surface area contributed by atoms with E-state index in [1.807, 2.05) is 0 Å². The summed E-state index contributed by atoms with van der Waals surface area (Å²) < 4.78 is 27.9. The Hall–Kier alpha value is -4.46. The van der Waals surface area contributed by atoms with Gasteiger partial charge in [-0.1, -0.05) is 18.2 Å². The van der Waals surface area contributed by atoms with Gasteiger partial charge in [-0.3, -0.25) is 14.5 Å². The molecule has 0 fully saturated rings. The van der Waals surface area contributed by atoms with Crippen LogP contribution in [0.25, 0.3) is 11.0 Å². The Morgan fingerprint density at radius 1 is 0.800 bits per heavy atom. The molecule has 1 unspecified atom stereocenters. The minimum atomic E-state index is -0.806. The van der Waals surface area contributed by atoms with Crippen molar-refractivity contribution in [2.24, 2.45) is 0 Å². The Morgan fingerprint density at radius 2 is 1.51 bits per heavy atom. The zero-order valence-electron chi connectivity index (χ0n) is 19.7. The lowest BCUT2D eigenvalue weighted by Crippen LogP contribution is -2.29. The van der Waals surface area contributed by atoms with Gasteiger partial charge < -0.3 is 23.4 Å². The average molecular weight is 473 g/mol. The van der Waals surface area contributed by atoms with Gasteiger partial charge in [0.1, 0.15) is 11.3 Å². The number of carbonyl (C=O) groups excluding carboxylic acids is 1. The van der Waals surface area contributed by atoms with Crippen LogP contribution in [0.4, 0.5) is 5.69 Å². The highest BCUT2D eigenvalue weighted by atomic mass is 16.5. The third kappa shape index (κ3) is 3.45. The summed E-state index contributed by atoms with van der Waals surface area (Å²) in [6.07, 6.45) is 0. The summed E-state index contributed by atoms with van der Waals surface area (Å²) in [7, 11) is 6.08. The first-order valence-electron chi connectivity index (χ1n) is 10.9. The van der Waals surface area contributed by atoms with Crippen molar-refractivity contribution in [3.05, 3.63) is 87.8 Å². The number of hydrogen-bond acceptors (Lipinski definition) is 7. The topological polar surface area (TPSA) is 87.4 Å². The summed E-state index contributed by atoms with van der Waals surface area (Å²) in [5, 5.41) is 0.393. The van der Waals surface area contributed by atoms with Crippen LogP contribution in [0.2, 0.25) is 0 Å². The quantitative estimate of drug-likeness (QED) is 0.405. The van der Waals surface area contributed by atoms with Crippen LogP contribution >= 0.6 is 0 Å². The average Bonchev–Trinajstić information content (AvgIpc) is 3.20. The molecule has 0 saturated carbocycles. The van der Waals surface area contributed by atoms with Crippen molar-refractivity contribution in [1.82, 2.24) is 0 Å². The third-order valence-corrected chi connectivity index (χ3v) is 6.11. The van der Waals surface area contributed by atoms with Crippen LogP contribution in [-0.2, 0) is 0 Å². The van der Waals surface area contributed by atoms with Gasteiger partial charge in [-0.05, 0) is 42.0 Å². The van der Waals surface area contributed by atoms with Crippen molar-refractivity contribution in [1.29, 1.82) is 0 Å². The van der Waals surface area contributed by atoms with Crippen molar-refractivity contribution >= 4 is 22.6 Å². The highest BCUT2D eigenvalue weighted by molar-refractivity contribution is 6.10. The fourth-order valence-corrected chi connectivity index (χ4v) is 4.52. The van der Waals surface area contributed by atoms with Crippen LogP contribution in [0, 0.1) is 0 Å². The molecule has 178 valence electrons. The number of methoxy groups -OCH3 is 4. The molecule has 0 spiro atoms. The van der Waals surface area contributed by atoms with E-state index in [-0.39, 0.29) is 16.8 Å². The molecule has 1 aliphatic heterocycles. The first-order valence-corrected chi connectivity index (χ1v) is 10.9. The fraction of sp³-hybridized carbons (Fsp3) is 0.185. The van der Waals surface area contributed by atoms with Crippen molar-refractivity contribution in [2.45, 2.75) is 6.04 Å². The second-order valence-electron chi connectivity index (χ2n) is 7.91. The van der Waals surface area contributed by atoms with Gasteiger partial charge in [0.05, 0.1) is 45.4 Å². The van der Waals surface area contributed by atoms with E-state index >= 15 is 0 Å². The lowest BCUT2D eigenvalue weighted by molar-refractivity contribution is 0.0971. The molecule has 1 aliphatic rings. The molecular formula is C27H23NO7. The largest absolute Gasteiger partial charge is 0.497 e. The van der Waals surface area contributed by atoms with Gasteiger partial charge in [0.15, 0.2) is 16.9 Å². The summed E-state index contributed by atoms with van der Waals surface area (Å²) in [6, 6.07) is 16.6. The molecule has 0 aliphatic carbocycles. The van der Waals surface area contributed by atoms with Crippen LogP contribution in [0.3, 0.4) is 0 Å². The summed E-state index contributed by atoms with van der Waals surface area (Å²) in [6.45, 7) is 0. The van der Waals surface area contributed by atoms with E-state index in [2.05, 4.69) is 0 Å². The Morgan fingerprint density at radius 3 is 2.17 bits per heavy atom. The second kappa shape index (κ2) is 8.72. The number of carbonyl (C=O) groups is 1. The zero-order chi connectivity index (χ0) is 24.7. The summed E-state index contributed by atoms with van der Waals surface area (Å²) in [5.41, 5.74) is 1.45. The van der Waals surface area contributed by atoms with Gasteiger partial charge in [0, 0.05) is 11.8 Å². The van der Waals surface area contributed by atoms with E-state index < -0.39 is 11.9 Å². The Labute approximate surface area is 201 Å². The number of hydrogen-bond donors (Lipinski definition) is 0. The van der Waals surface area contributed by atoms with E-state index in [9.17, 15) is 9.59 Å². The van der Waals surface area contributed by atoms with Crippen molar-refractivity contribution in [3.8, 4) is 23.0 Å². The maximum Gasteiger partial charge on any atom is 0.295 e. The molecule has 3 aromatic carbocycles. The minimum Gasteiger partial charge on any atom is -0.497 e. The summed E-state index contributed by atoms with van der Waals surface area (Å²) >= 11 is 0. The predicted octanol–water partition coefficient (Wildman–Crippen LogP) is 4.58. The maximum absolute atomic E-state index is 13.8. The monoisotopic (exact) mass is 473 g/mol. The van der Waals surface area contributed by atoms with E-state index in [1.54, 1.807) is 67.8 Å². The molecule has 0 bridgehead atoms. The van der Waals surface area contributed by atoms with Crippen LogP contribution in [0.1, 0.15) is 27.7 Å². The molecule has 1 amide bonds. The van der Waals surface area contributed by atoms with E-state index in [1.165, 1.54) is 26.2 Å². The van der Waals surface area contributed by atoms with Gasteiger partial charge in [-0.25, -0.2) is 0 Å². The van der Waals surface area contributed by atoms with E-state index in [0.29, 0.717) is 45.2 Å². The van der Waals surface area contributed by atoms with E-state index in [4.69, 9.17) is 23.4 Å². The number of fused-ring (bicyclic) bond motifs is 2. The molecule has 0 N–H and O–H groups in total. The first-order chi connectivity index (χ1) is 17.0. The van der Waals surface area contributed by atoms with Gasteiger partial charge >= 0.3 is 0 Å². The first kappa shape index (κ1) is 22.3. The number of anilines is 1. The molecule has 5 rings (SSSR count). The number of rotatable bonds is 6. The summed E-state index contributed by atoms with van der Waals surface area (Å²) in [5.74, 6) is 1.34. The molecule has 8 nitrogen and oxygen atoms in total. The van der Waals surface area contributed by atoms with E-state index in [0.717, 1.165) is 0 Å². The SMILES string of the molecule is COc1cccc(N2C(=O)c3oc4ccccc4c(=O)c3C2c2cc(OC)c(OC)c(OC)c2)c1. The second-order valence-corrected chi connectivity index (χ2v) is 7.91. The number of para-hydroxylation sites is 1. The number of nitrogens with zero attached hydrogens (tertiary/aromatic N) is 1. The van der Waals surface area contributed by atoms with Gasteiger partial charge in [-0.2, -0.15) is 0 Å². The Balaban J connectivity index is 1.83. The molecule has 35 heavy (non-hydrogen) atoms. The summed E-state index contributed by atoms with van der Waals surface area (Å²) in [4.78, 5) is 29.0. The molecule has 1 atom stereocenters. The Bertz CT molecular complexity index is 1480. The van der Waals surface area contributed by atoms with Gasteiger partial charge in [0.25, 0.3) is 5.91 Å².